The van der Waals surface area contributed by atoms with Gasteiger partial charge in [0.15, 0.2) is 0 Å². The highest BCUT2D eigenvalue weighted by atomic mass is 16.5. The second kappa shape index (κ2) is 10.1. The zero-order valence-corrected chi connectivity index (χ0v) is 18.6. The number of nitrogen functional groups attached to an aromatic ring is 1. The first-order valence-electron chi connectivity index (χ1n) is 11.3. The van der Waals surface area contributed by atoms with Crippen molar-refractivity contribution < 1.29 is 14.3 Å². The lowest BCUT2D eigenvalue weighted by atomic mass is 9.92. The van der Waals surface area contributed by atoms with Crippen LogP contribution in [0.2, 0.25) is 0 Å². The molecule has 0 spiro atoms. The maximum Gasteiger partial charge on any atom is 0.248 e. The molecule has 2 N–H and O–H groups in total. The molecule has 4 rings (SSSR count). The monoisotopic (exact) mass is 437 g/mol. The first-order valence-corrected chi connectivity index (χ1v) is 11.3. The standard InChI is InChI=1S/C24H31N5O3/c1-17-12-20(18-6-7-22(25)26-14-18)13-21(27-17)19-4-2-9-29(15-19)24(31)16-32-11-10-28-8-3-5-23(28)30/h6-7,12-14,19H,2-5,8-11,15-16H2,1H3,(H2,25,26)/t19-/m0/s1. The van der Waals surface area contributed by atoms with E-state index in [2.05, 4.69) is 11.1 Å². The van der Waals surface area contributed by atoms with E-state index in [1.807, 2.05) is 24.0 Å². The molecule has 0 bridgehead atoms. The van der Waals surface area contributed by atoms with Gasteiger partial charge < -0.3 is 20.3 Å². The molecule has 170 valence electrons. The van der Waals surface area contributed by atoms with E-state index in [0.717, 1.165) is 54.9 Å². The predicted molar refractivity (Wildman–Crippen MR) is 122 cm³/mol. The highest BCUT2D eigenvalue weighted by Crippen LogP contribution is 2.29. The van der Waals surface area contributed by atoms with Crippen molar-refractivity contribution in [2.24, 2.45) is 0 Å². The van der Waals surface area contributed by atoms with Crippen molar-refractivity contribution in [2.75, 3.05) is 45.1 Å². The number of nitrogens with two attached hydrogens (primary N) is 1. The molecule has 2 amide bonds. The highest BCUT2D eigenvalue weighted by Gasteiger charge is 2.26. The molecule has 1 atom stereocenters. The molecule has 0 unspecified atom stereocenters. The summed E-state index contributed by atoms with van der Waals surface area (Å²) in [4.78, 5) is 37.0. The smallest absolute Gasteiger partial charge is 0.248 e. The number of hydrogen-bond donors (Lipinski definition) is 1. The number of aromatic nitrogens is 2. The largest absolute Gasteiger partial charge is 0.384 e. The number of aryl methyl sites for hydroxylation is 1. The summed E-state index contributed by atoms with van der Waals surface area (Å²) < 4.78 is 5.59. The van der Waals surface area contributed by atoms with Gasteiger partial charge in [-0.1, -0.05) is 0 Å². The Kier molecular flexibility index (Phi) is 6.99. The molecule has 8 heteroatoms. The van der Waals surface area contributed by atoms with Gasteiger partial charge >= 0.3 is 0 Å². The fourth-order valence-corrected chi connectivity index (χ4v) is 4.46. The Morgan fingerprint density at radius 3 is 2.84 bits per heavy atom. The number of likely N-dealkylation sites (tertiary alicyclic amines) is 2. The minimum Gasteiger partial charge on any atom is -0.384 e. The van der Waals surface area contributed by atoms with Crippen LogP contribution in [0.1, 0.15) is 43.0 Å². The quantitative estimate of drug-likeness (QED) is 0.668. The number of pyridine rings is 2. The molecular weight excluding hydrogens is 406 g/mol. The van der Waals surface area contributed by atoms with E-state index in [1.165, 1.54) is 0 Å². The number of anilines is 1. The summed E-state index contributed by atoms with van der Waals surface area (Å²) in [7, 11) is 0. The Hall–Kier alpha value is -3.00. The first-order chi connectivity index (χ1) is 15.5. The second-order valence-electron chi connectivity index (χ2n) is 8.61. The molecule has 4 heterocycles. The van der Waals surface area contributed by atoms with E-state index in [0.29, 0.717) is 31.9 Å². The number of carbonyl (C=O) groups is 2. The van der Waals surface area contributed by atoms with Crippen LogP contribution in [0.25, 0.3) is 11.1 Å². The van der Waals surface area contributed by atoms with E-state index >= 15 is 0 Å². The van der Waals surface area contributed by atoms with Crippen molar-refractivity contribution in [1.82, 2.24) is 19.8 Å². The zero-order chi connectivity index (χ0) is 22.5. The molecule has 0 radical (unpaired) electrons. The Balaban J connectivity index is 1.34. The van der Waals surface area contributed by atoms with Crippen molar-refractivity contribution in [1.29, 1.82) is 0 Å². The first kappa shape index (κ1) is 22.2. The maximum absolute atomic E-state index is 12.7. The minimum absolute atomic E-state index is 0.00180. The van der Waals surface area contributed by atoms with E-state index in [1.54, 1.807) is 17.2 Å². The Morgan fingerprint density at radius 1 is 1.22 bits per heavy atom. The molecule has 2 aliphatic heterocycles. The SMILES string of the molecule is Cc1cc(-c2ccc(N)nc2)cc([C@H]2CCCN(C(=O)COCCN3CCCC3=O)C2)n1. The van der Waals surface area contributed by atoms with Crippen LogP contribution in [-0.2, 0) is 14.3 Å². The lowest BCUT2D eigenvalue weighted by Gasteiger charge is -2.33. The summed E-state index contributed by atoms with van der Waals surface area (Å²) >= 11 is 0. The molecule has 2 aromatic rings. The van der Waals surface area contributed by atoms with Gasteiger partial charge in [-0.15, -0.1) is 0 Å². The number of amides is 2. The Bertz CT molecular complexity index is 963. The summed E-state index contributed by atoms with van der Waals surface area (Å²) in [6.07, 6.45) is 5.25. The van der Waals surface area contributed by atoms with E-state index in [4.69, 9.17) is 15.5 Å². The fraction of sp³-hybridized carbons (Fsp3) is 0.500. The molecule has 8 nitrogen and oxygen atoms in total. The minimum atomic E-state index is -0.00180. The third-order valence-electron chi connectivity index (χ3n) is 6.19. The number of piperidine rings is 1. The average Bonchev–Trinajstić information content (AvgIpc) is 3.21. The van der Waals surface area contributed by atoms with Crippen LogP contribution in [-0.4, -0.2) is 71.0 Å². The van der Waals surface area contributed by atoms with Gasteiger partial charge in [0.25, 0.3) is 0 Å². The van der Waals surface area contributed by atoms with Crippen LogP contribution in [0.5, 0.6) is 0 Å². The molecule has 2 saturated heterocycles. The second-order valence-corrected chi connectivity index (χ2v) is 8.61. The maximum atomic E-state index is 12.7. The van der Waals surface area contributed by atoms with Gasteiger partial charge in [0.2, 0.25) is 11.8 Å². The van der Waals surface area contributed by atoms with E-state index in [-0.39, 0.29) is 24.3 Å². The third-order valence-corrected chi connectivity index (χ3v) is 6.19. The number of nitrogens with zero attached hydrogens (tertiary/aromatic N) is 4. The lowest BCUT2D eigenvalue weighted by molar-refractivity contribution is -0.137. The molecule has 32 heavy (non-hydrogen) atoms. The van der Waals surface area contributed by atoms with Crippen LogP contribution in [0.15, 0.2) is 30.5 Å². The zero-order valence-electron chi connectivity index (χ0n) is 18.6. The van der Waals surface area contributed by atoms with Crippen LogP contribution >= 0.6 is 0 Å². The molecule has 2 fully saturated rings. The number of rotatable bonds is 7. The van der Waals surface area contributed by atoms with Crippen LogP contribution in [0.4, 0.5) is 5.82 Å². The normalized spacial score (nSPS) is 18.9. The van der Waals surface area contributed by atoms with Crippen molar-refractivity contribution in [3.05, 3.63) is 41.9 Å². The third kappa shape index (κ3) is 5.43. The summed E-state index contributed by atoms with van der Waals surface area (Å²) in [5.74, 6) is 0.863. The van der Waals surface area contributed by atoms with E-state index < -0.39 is 0 Å². The van der Waals surface area contributed by atoms with Gasteiger partial charge in [0.1, 0.15) is 12.4 Å². The predicted octanol–water partition coefficient (Wildman–Crippen LogP) is 2.38. The molecule has 0 aromatic carbocycles. The molecule has 0 aliphatic carbocycles. The Morgan fingerprint density at radius 2 is 2.09 bits per heavy atom. The Labute approximate surface area is 188 Å². The average molecular weight is 438 g/mol. The fourth-order valence-electron chi connectivity index (χ4n) is 4.46. The summed E-state index contributed by atoms with van der Waals surface area (Å²) in [5.41, 5.74) is 9.72. The van der Waals surface area contributed by atoms with Crippen molar-refractivity contribution in [2.45, 2.75) is 38.5 Å². The number of carbonyl (C=O) groups excluding carboxylic acids is 2. The van der Waals surface area contributed by atoms with Gasteiger partial charge in [-0.3, -0.25) is 14.6 Å². The van der Waals surface area contributed by atoms with Gasteiger partial charge in [-0.2, -0.15) is 0 Å². The van der Waals surface area contributed by atoms with Gasteiger partial charge in [0.05, 0.1) is 6.61 Å². The molecule has 0 saturated carbocycles. The molecule has 2 aliphatic rings. The number of hydrogen-bond acceptors (Lipinski definition) is 6. The number of ether oxygens (including phenoxy) is 1. The van der Waals surface area contributed by atoms with E-state index in [9.17, 15) is 9.59 Å². The van der Waals surface area contributed by atoms with Crippen molar-refractivity contribution in [3.63, 3.8) is 0 Å². The van der Waals surface area contributed by atoms with Crippen LogP contribution in [0, 0.1) is 6.92 Å². The van der Waals surface area contributed by atoms with Crippen molar-refractivity contribution in [3.8, 4) is 11.1 Å². The summed E-state index contributed by atoms with van der Waals surface area (Å²) in [5, 5.41) is 0. The lowest BCUT2D eigenvalue weighted by Crippen LogP contribution is -2.41. The topological polar surface area (TPSA) is 102 Å². The van der Waals surface area contributed by atoms with Crippen molar-refractivity contribution >= 4 is 17.6 Å². The summed E-state index contributed by atoms with van der Waals surface area (Å²) in [6.45, 7) is 5.17. The van der Waals surface area contributed by atoms with Gasteiger partial charge in [0, 0.05) is 61.7 Å². The molecular formula is C24H31N5O3. The summed E-state index contributed by atoms with van der Waals surface area (Å²) in [6, 6.07) is 7.90. The van der Waals surface area contributed by atoms with Gasteiger partial charge in [-0.05, 0) is 56.0 Å². The van der Waals surface area contributed by atoms with Gasteiger partial charge in [-0.25, -0.2) is 4.98 Å². The highest BCUT2D eigenvalue weighted by molar-refractivity contribution is 5.78. The molecule has 2 aromatic heterocycles. The van der Waals surface area contributed by atoms with Crippen LogP contribution in [0.3, 0.4) is 0 Å². The van der Waals surface area contributed by atoms with Crippen LogP contribution < -0.4 is 5.73 Å².